The third-order valence-electron chi connectivity index (χ3n) is 2.05. The Balaban J connectivity index is 2.78. The molecule has 5 atom stereocenters. The Labute approximate surface area is 79.0 Å². The predicted octanol–water partition coefficient (Wildman–Crippen LogP) is -1.90. The second-order valence-electron chi connectivity index (χ2n) is 2.92. The van der Waals surface area contributed by atoms with Crippen LogP contribution in [0.5, 0.6) is 0 Å². The minimum Gasteiger partial charge on any atom is -0.394 e. The Morgan fingerprint density at radius 2 is 1.93 bits per heavy atom. The number of aliphatic hydroxyl groups excluding tert-OH is 4. The summed E-state index contributed by atoms with van der Waals surface area (Å²) in [6.45, 7) is -0.543. The Morgan fingerprint density at radius 1 is 1.29 bits per heavy atom. The first-order valence-corrected chi connectivity index (χ1v) is 3.96. The van der Waals surface area contributed by atoms with Crippen molar-refractivity contribution in [3.63, 3.8) is 0 Å². The maximum Gasteiger partial charge on any atom is 0.166 e. The van der Waals surface area contributed by atoms with Gasteiger partial charge in [0.2, 0.25) is 0 Å². The summed E-state index contributed by atoms with van der Waals surface area (Å²) < 4.78 is 4.71. The van der Waals surface area contributed by atoms with Crippen LogP contribution in [0.25, 0.3) is 10.4 Å². The van der Waals surface area contributed by atoms with E-state index < -0.39 is 37.3 Å². The first kappa shape index (κ1) is 11.2. The van der Waals surface area contributed by atoms with E-state index >= 15 is 0 Å². The van der Waals surface area contributed by atoms with Gasteiger partial charge in [0.1, 0.15) is 18.2 Å². The van der Waals surface area contributed by atoms with Crippen LogP contribution in [0.4, 0.5) is 0 Å². The van der Waals surface area contributed by atoms with Crippen molar-refractivity contribution in [3.8, 4) is 0 Å². The Bertz CT molecular complexity index is 244. The third kappa shape index (κ3) is 1.95. The molecule has 8 heteroatoms. The van der Waals surface area contributed by atoms with Crippen molar-refractivity contribution < 1.29 is 25.2 Å². The summed E-state index contributed by atoms with van der Waals surface area (Å²) in [6, 6.07) is -1.27. The summed E-state index contributed by atoms with van der Waals surface area (Å²) in [5.74, 6) is 0. The fourth-order valence-corrected chi connectivity index (χ4v) is 1.27. The van der Waals surface area contributed by atoms with Gasteiger partial charge in [0, 0.05) is 4.91 Å². The third-order valence-corrected chi connectivity index (χ3v) is 2.05. The maximum atomic E-state index is 9.37. The highest BCUT2D eigenvalue weighted by Crippen LogP contribution is 2.21. The minimum atomic E-state index is -1.53. The number of aliphatic hydroxyl groups is 4. The second kappa shape index (κ2) is 4.56. The Kier molecular flexibility index (Phi) is 3.64. The zero-order valence-electron chi connectivity index (χ0n) is 7.13. The predicted molar refractivity (Wildman–Crippen MR) is 42.9 cm³/mol. The highest BCUT2D eigenvalue weighted by Gasteiger charge is 2.43. The van der Waals surface area contributed by atoms with E-state index in [0.717, 1.165) is 0 Å². The number of hydrogen-bond acceptors (Lipinski definition) is 6. The van der Waals surface area contributed by atoms with Crippen LogP contribution >= 0.6 is 0 Å². The molecule has 0 aromatic carbocycles. The molecule has 0 radical (unpaired) electrons. The van der Waals surface area contributed by atoms with Gasteiger partial charge in [-0.25, -0.2) is 0 Å². The molecule has 3 unspecified atom stereocenters. The second-order valence-corrected chi connectivity index (χ2v) is 2.92. The molecule has 1 aliphatic heterocycles. The molecule has 0 aromatic heterocycles. The van der Waals surface area contributed by atoms with Gasteiger partial charge >= 0.3 is 0 Å². The van der Waals surface area contributed by atoms with Crippen molar-refractivity contribution in [2.45, 2.75) is 30.6 Å². The van der Waals surface area contributed by atoms with Gasteiger partial charge in [0.25, 0.3) is 0 Å². The monoisotopic (exact) mass is 205 g/mol. The molecule has 14 heavy (non-hydrogen) atoms. The molecular weight excluding hydrogens is 194 g/mol. The van der Waals surface area contributed by atoms with E-state index in [1.807, 2.05) is 0 Å². The standard InChI is InChI=1S/C6H11N3O5/c7-9-8-3-5(12)4(11)2(1-10)14-6(3)13/h2-6,10-13H,1H2/t2?,3?,4-,5-,6?/m1/s1. The molecule has 0 amide bonds. The molecule has 4 N–H and O–H groups in total. The summed E-state index contributed by atoms with van der Waals surface area (Å²) in [4.78, 5) is 2.40. The van der Waals surface area contributed by atoms with Crippen LogP contribution in [0, 0.1) is 0 Å². The van der Waals surface area contributed by atoms with Crippen molar-refractivity contribution in [3.05, 3.63) is 10.4 Å². The average Bonchev–Trinajstić information content (AvgIpc) is 2.18. The van der Waals surface area contributed by atoms with Crippen LogP contribution < -0.4 is 0 Å². The lowest BCUT2D eigenvalue weighted by Gasteiger charge is -2.37. The van der Waals surface area contributed by atoms with E-state index in [4.69, 9.17) is 15.4 Å². The molecule has 0 bridgehead atoms. The highest BCUT2D eigenvalue weighted by molar-refractivity contribution is 4.92. The Morgan fingerprint density at radius 3 is 2.43 bits per heavy atom. The molecule has 80 valence electrons. The first-order chi connectivity index (χ1) is 6.61. The topological polar surface area (TPSA) is 139 Å². The molecule has 0 aliphatic carbocycles. The number of azide groups is 1. The van der Waals surface area contributed by atoms with Gasteiger partial charge < -0.3 is 25.2 Å². The Hall–Kier alpha value is -0.890. The summed E-state index contributed by atoms with van der Waals surface area (Å²) in [5, 5.41) is 39.7. The first-order valence-electron chi connectivity index (χ1n) is 3.96. The van der Waals surface area contributed by atoms with Crippen LogP contribution in [0.15, 0.2) is 5.11 Å². The summed E-state index contributed by atoms with van der Waals surface area (Å²) >= 11 is 0. The van der Waals surface area contributed by atoms with Crippen LogP contribution in [0.1, 0.15) is 0 Å². The van der Waals surface area contributed by atoms with Gasteiger partial charge in [-0.3, -0.25) is 0 Å². The van der Waals surface area contributed by atoms with Crippen molar-refractivity contribution in [2.24, 2.45) is 5.11 Å². The number of hydrogen-bond donors (Lipinski definition) is 4. The fraction of sp³-hybridized carbons (Fsp3) is 1.00. The number of ether oxygens (including phenoxy) is 1. The van der Waals surface area contributed by atoms with Crippen molar-refractivity contribution in [1.82, 2.24) is 0 Å². The number of rotatable bonds is 2. The summed E-state index contributed by atoms with van der Waals surface area (Å²) in [7, 11) is 0. The smallest absolute Gasteiger partial charge is 0.166 e. The summed E-state index contributed by atoms with van der Waals surface area (Å²) in [6.07, 6.45) is -5.45. The van der Waals surface area contributed by atoms with Crippen molar-refractivity contribution in [2.75, 3.05) is 6.61 Å². The van der Waals surface area contributed by atoms with E-state index in [9.17, 15) is 15.3 Å². The average molecular weight is 205 g/mol. The molecule has 1 aliphatic rings. The summed E-state index contributed by atoms with van der Waals surface area (Å²) in [5.41, 5.74) is 8.11. The lowest BCUT2D eigenvalue weighted by molar-refractivity contribution is -0.248. The maximum absolute atomic E-state index is 9.37. The van der Waals surface area contributed by atoms with Gasteiger partial charge in [-0.2, -0.15) is 0 Å². The molecule has 1 rings (SSSR count). The van der Waals surface area contributed by atoms with Gasteiger partial charge in [0.15, 0.2) is 6.29 Å². The molecular formula is C6H11N3O5. The van der Waals surface area contributed by atoms with E-state index in [0.29, 0.717) is 0 Å². The van der Waals surface area contributed by atoms with Gasteiger partial charge in [-0.05, 0) is 5.53 Å². The largest absolute Gasteiger partial charge is 0.394 e. The number of nitrogens with zero attached hydrogens (tertiary/aromatic N) is 3. The van der Waals surface area contributed by atoms with Crippen LogP contribution in [-0.2, 0) is 4.74 Å². The molecule has 8 nitrogen and oxygen atoms in total. The SMILES string of the molecule is [N-]=[N+]=NC1C(O)OC(CO)[C@@H](O)[C@@H]1O. The van der Waals surface area contributed by atoms with Crippen LogP contribution in [0.2, 0.25) is 0 Å². The highest BCUT2D eigenvalue weighted by atomic mass is 16.6. The molecule has 0 spiro atoms. The van der Waals surface area contributed by atoms with Gasteiger partial charge in [0.05, 0.1) is 12.7 Å². The van der Waals surface area contributed by atoms with E-state index in [-0.39, 0.29) is 0 Å². The molecule has 1 fully saturated rings. The van der Waals surface area contributed by atoms with Crippen molar-refractivity contribution >= 4 is 0 Å². The van der Waals surface area contributed by atoms with Gasteiger partial charge in [-0.1, -0.05) is 5.11 Å². The fourth-order valence-electron chi connectivity index (χ4n) is 1.27. The zero-order chi connectivity index (χ0) is 10.7. The van der Waals surface area contributed by atoms with E-state index in [2.05, 4.69) is 10.0 Å². The molecule has 0 saturated carbocycles. The van der Waals surface area contributed by atoms with Gasteiger partial charge in [-0.15, -0.1) is 0 Å². The minimum absolute atomic E-state index is 0.543. The van der Waals surface area contributed by atoms with Crippen molar-refractivity contribution in [1.29, 1.82) is 0 Å². The molecule has 0 aromatic rings. The molecule has 1 heterocycles. The van der Waals surface area contributed by atoms with Crippen LogP contribution in [0.3, 0.4) is 0 Å². The lowest BCUT2D eigenvalue weighted by atomic mass is 9.98. The quantitative estimate of drug-likeness (QED) is 0.237. The van der Waals surface area contributed by atoms with E-state index in [1.54, 1.807) is 0 Å². The van der Waals surface area contributed by atoms with Crippen LogP contribution in [-0.4, -0.2) is 57.7 Å². The van der Waals surface area contributed by atoms with E-state index in [1.165, 1.54) is 0 Å². The molecule has 1 saturated heterocycles. The normalized spacial score (nSPS) is 43.0. The lowest BCUT2D eigenvalue weighted by Crippen LogP contribution is -2.57. The zero-order valence-corrected chi connectivity index (χ0v) is 7.13.